The number of aromatic nitrogens is 2. The van der Waals surface area contributed by atoms with Crippen LogP contribution in [-0.4, -0.2) is 9.55 Å². The molecule has 0 amide bonds. The Labute approximate surface area is 114 Å². The van der Waals surface area contributed by atoms with Gasteiger partial charge in [-0.05, 0) is 32.0 Å². The lowest BCUT2D eigenvalue weighted by Gasteiger charge is -2.05. The molecule has 0 aliphatic rings. The van der Waals surface area contributed by atoms with Crippen molar-refractivity contribution in [2.75, 3.05) is 5.73 Å². The molecular weight excluding hydrogens is 261 g/mol. The molecule has 3 nitrogen and oxygen atoms in total. The minimum absolute atomic E-state index is 0.269. The van der Waals surface area contributed by atoms with Gasteiger partial charge in [0, 0.05) is 17.5 Å². The molecule has 3 aromatic rings. The van der Waals surface area contributed by atoms with Crippen LogP contribution in [0.1, 0.15) is 11.8 Å². The lowest BCUT2D eigenvalue weighted by atomic mass is 10.2. The largest absolute Gasteiger partial charge is 0.390 e. The number of hydrogen-bond donors (Lipinski definition) is 1. The van der Waals surface area contributed by atoms with Crippen LogP contribution in [0.25, 0.3) is 22.4 Å². The van der Waals surface area contributed by atoms with E-state index in [9.17, 15) is 4.39 Å². The lowest BCUT2D eigenvalue weighted by molar-refractivity contribution is 0.629. The number of thiophene rings is 1. The van der Waals surface area contributed by atoms with Crippen LogP contribution in [0.3, 0.4) is 0 Å². The van der Waals surface area contributed by atoms with Gasteiger partial charge in [0.1, 0.15) is 11.6 Å². The molecule has 0 saturated carbocycles. The summed E-state index contributed by atoms with van der Waals surface area (Å²) in [6, 6.07) is 6.71. The van der Waals surface area contributed by atoms with Crippen molar-refractivity contribution in [1.82, 2.24) is 9.55 Å². The monoisotopic (exact) mass is 275 g/mol. The molecule has 5 heteroatoms. The van der Waals surface area contributed by atoms with Gasteiger partial charge in [0.05, 0.1) is 21.6 Å². The van der Waals surface area contributed by atoms with E-state index in [0.29, 0.717) is 5.52 Å². The molecule has 0 spiro atoms. The maximum Gasteiger partial charge on any atom is 0.144 e. The fourth-order valence-corrected chi connectivity index (χ4v) is 3.12. The third kappa shape index (κ3) is 1.90. The van der Waals surface area contributed by atoms with Crippen LogP contribution in [-0.2, 0) is 6.54 Å². The second-order valence-corrected chi connectivity index (χ2v) is 5.74. The molecule has 2 heterocycles. The summed E-state index contributed by atoms with van der Waals surface area (Å²) in [7, 11) is 0. The number of nitrogens with two attached hydrogens (primary N) is 1. The third-order valence-electron chi connectivity index (χ3n) is 3.15. The molecule has 0 atom stereocenters. The molecule has 98 valence electrons. The van der Waals surface area contributed by atoms with E-state index in [1.807, 2.05) is 19.9 Å². The smallest absolute Gasteiger partial charge is 0.144 e. The summed E-state index contributed by atoms with van der Waals surface area (Å²) >= 11 is 1.55. The molecule has 0 fully saturated rings. The second-order valence-electron chi connectivity index (χ2n) is 4.45. The Balaban J connectivity index is 2.31. The molecule has 2 N–H and O–H groups in total. The Morgan fingerprint density at radius 3 is 2.79 bits per heavy atom. The highest BCUT2D eigenvalue weighted by atomic mass is 32.1. The molecule has 19 heavy (non-hydrogen) atoms. The number of hydrogen-bond acceptors (Lipinski definition) is 3. The van der Waals surface area contributed by atoms with Gasteiger partial charge < -0.3 is 10.3 Å². The summed E-state index contributed by atoms with van der Waals surface area (Å²) in [6.45, 7) is 4.83. The van der Waals surface area contributed by atoms with Crippen molar-refractivity contribution < 1.29 is 4.39 Å². The maximum absolute atomic E-state index is 13.3. The van der Waals surface area contributed by atoms with E-state index >= 15 is 0 Å². The summed E-state index contributed by atoms with van der Waals surface area (Å²) in [5.74, 6) is 0.541. The molecule has 1 aromatic carbocycles. The fraction of sp³-hybridized carbons (Fsp3) is 0.214. The van der Waals surface area contributed by atoms with Crippen molar-refractivity contribution in [3.05, 3.63) is 35.0 Å². The lowest BCUT2D eigenvalue weighted by Crippen LogP contribution is -1.98. The molecule has 0 bridgehead atoms. The van der Waals surface area contributed by atoms with Crippen LogP contribution in [0.15, 0.2) is 24.3 Å². The number of imidazole rings is 1. The summed E-state index contributed by atoms with van der Waals surface area (Å²) in [6.07, 6.45) is 0. The minimum Gasteiger partial charge on any atom is -0.390 e. The zero-order valence-electron chi connectivity index (χ0n) is 10.8. The molecule has 2 aromatic heterocycles. The van der Waals surface area contributed by atoms with Crippen LogP contribution >= 0.6 is 11.3 Å². The number of anilines is 1. The molecule has 0 aliphatic heterocycles. The zero-order chi connectivity index (χ0) is 13.6. The first-order valence-corrected chi connectivity index (χ1v) is 6.94. The van der Waals surface area contributed by atoms with E-state index in [2.05, 4.69) is 9.55 Å². The number of nitrogens with zero attached hydrogens (tertiary/aromatic N) is 2. The Morgan fingerprint density at radius 2 is 2.16 bits per heavy atom. The van der Waals surface area contributed by atoms with Gasteiger partial charge in [-0.2, -0.15) is 0 Å². The van der Waals surface area contributed by atoms with Crippen LogP contribution in [0.5, 0.6) is 0 Å². The summed E-state index contributed by atoms with van der Waals surface area (Å²) in [5.41, 5.74) is 8.57. The molecular formula is C14H14FN3S. The SMILES string of the molecule is CCn1c(-c2cc(C)sc2N)nc2cc(F)ccc21. The van der Waals surface area contributed by atoms with Crippen molar-refractivity contribution in [1.29, 1.82) is 0 Å². The van der Waals surface area contributed by atoms with Gasteiger partial charge in [-0.25, -0.2) is 9.37 Å². The van der Waals surface area contributed by atoms with E-state index in [-0.39, 0.29) is 5.82 Å². The van der Waals surface area contributed by atoms with E-state index in [0.717, 1.165) is 33.3 Å². The highest BCUT2D eigenvalue weighted by Gasteiger charge is 2.15. The predicted octanol–water partition coefficient (Wildman–Crippen LogP) is 3.81. The van der Waals surface area contributed by atoms with Gasteiger partial charge in [-0.3, -0.25) is 0 Å². The molecule has 0 unspecified atom stereocenters. The van der Waals surface area contributed by atoms with Crippen LogP contribution in [0.2, 0.25) is 0 Å². The van der Waals surface area contributed by atoms with Crippen molar-refractivity contribution in [2.24, 2.45) is 0 Å². The topological polar surface area (TPSA) is 43.8 Å². The number of rotatable bonds is 2. The maximum atomic E-state index is 13.3. The first-order valence-electron chi connectivity index (χ1n) is 6.12. The third-order valence-corrected chi connectivity index (χ3v) is 4.03. The number of fused-ring (bicyclic) bond motifs is 1. The van der Waals surface area contributed by atoms with Gasteiger partial charge in [-0.15, -0.1) is 11.3 Å². The van der Waals surface area contributed by atoms with Crippen LogP contribution in [0, 0.1) is 12.7 Å². The fourth-order valence-electron chi connectivity index (χ4n) is 2.34. The molecule has 0 aliphatic carbocycles. The Hall–Kier alpha value is -1.88. The number of halogens is 1. The highest BCUT2D eigenvalue weighted by molar-refractivity contribution is 7.16. The van der Waals surface area contributed by atoms with E-state index < -0.39 is 0 Å². The van der Waals surface area contributed by atoms with Crippen molar-refractivity contribution in [2.45, 2.75) is 20.4 Å². The Morgan fingerprint density at radius 1 is 1.37 bits per heavy atom. The van der Waals surface area contributed by atoms with Gasteiger partial charge in [0.2, 0.25) is 0 Å². The van der Waals surface area contributed by atoms with E-state index in [1.54, 1.807) is 17.4 Å². The van der Waals surface area contributed by atoms with E-state index in [4.69, 9.17) is 5.73 Å². The van der Waals surface area contributed by atoms with Gasteiger partial charge >= 0.3 is 0 Å². The van der Waals surface area contributed by atoms with Crippen LogP contribution in [0.4, 0.5) is 9.39 Å². The normalized spacial score (nSPS) is 11.3. The zero-order valence-corrected chi connectivity index (χ0v) is 11.6. The Bertz CT molecular complexity index is 757. The predicted molar refractivity (Wildman–Crippen MR) is 77.8 cm³/mol. The van der Waals surface area contributed by atoms with E-state index in [1.165, 1.54) is 12.1 Å². The van der Waals surface area contributed by atoms with Crippen LogP contribution < -0.4 is 5.73 Å². The summed E-state index contributed by atoms with van der Waals surface area (Å²) in [4.78, 5) is 5.69. The van der Waals surface area contributed by atoms with Gasteiger partial charge in [0.25, 0.3) is 0 Å². The number of aryl methyl sites for hydroxylation is 2. The minimum atomic E-state index is -0.269. The van der Waals surface area contributed by atoms with Crippen molar-refractivity contribution >= 4 is 27.4 Å². The molecule has 0 radical (unpaired) electrons. The van der Waals surface area contributed by atoms with Crippen molar-refractivity contribution in [3.63, 3.8) is 0 Å². The standard InChI is InChI=1S/C14H14FN3S/c1-3-18-12-5-4-9(15)7-11(12)17-14(18)10-6-8(2)19-13(10)16/h4-7H,3,16H2,1-2H3. The first kappa shape index (κ1) is 12.2. The summed E-state index contributed by atoms with van der Waals surface area (Å²) in [5, 5.41) is 0.753. The quantitative estimate of drug-likeness (QED) is 0.772. The first-order chi connectivity index (χ1) is 9.10. The van der Waals surface area contributed by atoms with Crippen molar-refractivity contribution in [3.8, 4) is 11.4 Å². The average molecular weight is 275 g/mol. The molecule has 0 saturated heterocycles. The van der Waals surface area contributed by atoms with Gasteiger partial charge in [0.15, 0.2) is 0 Å². The second kappa shape index (κ2) is 4.35. The summed E-state index contributed by atoms with van der Waals surface area (Å²) < 4.78 is 15.4. The number of nitrogen functional groups attached to an aromatic ring is 1. The molecule has 3 rings (SSSR count). The number of benzene rings is 1. The Kier molecular flexibility index (Phi) is 2.78. The van der Waals surface area contributed by atoms with Gasteiger partial charge in [-0.1, -0.05) is 0 Å². The average Bonchev–Trinajstić information content (AvgIpc) is 2.88. The highest BCUT2D eigenvalue weighted by Crippen LogP contribution is 2.34.